The summed E-state index contributed by atoms with van der Waals surface area (Å²) < 4.78 is 23.2. The van der Waals surface area contributed by atoms with Crippen molar-refractivity contribution in [3.05, 3.63) is 23.8 Å². The molecule has 3 aliphatic rings. The Balaban J connectivity index is 1.53. The Hall–Kier alpha value is -2.40. The topological polar surface area (TPSA) is 97.8 Å². The van der Waals surface area contributed by atoms with Gasteiger partial charge in [0.15, 0.2) is 17.8 Å². The first-order valence-electron chi connectivity index (χ1n) is 14.3. The Morgan fingerprint density at radius 3 is 2.46 bits per heavy atom. The lowest BCUT2D eigenvalue weighted by atomic mass is 9.83. The Kier molecular flexibility index (Phi) is 10.1. The van der Waals surface area contributed by atoms with Crippen LogP contribution in [0.2, 0.25) is 0 Å². The molecule has 4 rings (SSSR count). The number of benzene rings is 1. The number of carbonyl (C=O) groups is 2. The van der Waals surface area contributed by atoms with Gasteiger partial charge in [0.25, 0.3) is 0 Å². The minimum absolute atomic E-state index is 0.0682. The predicted molar refractivity (Wildman–Crippen MR) is 146 cm³/mol. The van der Waals surface area contributed by atoms with Crippen molar-refractivity contribution in [1.29, 1.82) is 0 Å². The second kappa shape index (κ2) is 13.3. The first kappa shape index (κ1) is 29.6. The van der Waals surface area contributed by atoms with Crippen LogP contribution in [0.5, 0.6) is 11.5 Å². The van der Waals surface area contributed by atoms with Crippen LogP contribution in [0.1, 0.15) is 50.5 Å². The van der Waals surface area contributed by atoms with Crippen LogP contribution in [-0.4, -0.2) is 117 Å². The molecule has 3 aliphatic heterocycles. The Morgan fingerprint density at radius 2 is 1.77 bits per heavy atom. The number of nitrogens with zero attached hydrogens (tertiary/aromatic N) is 3. The smallest absolute Gasteiger partial charge is 0.308 e. The van der Waals surface area contributed by atoms with Crippen LogP contribution in [0, 0.1) is 5.92 Å². The van der Waals surface area contributed by atoms with E-state index >= 15 is 0 Å². The fourth-order valence-corrected chi connectivity index (χ4v) is 5.93. The largest absolute Gasteiger partial charge is 0.481 e. The van der Waals surface area contributed by atoms with Gasteiger partial charge in [0.05, 0.1) is 53.4 Å². The third-order valence-corrected chi connectivity index (χ3v) is 7.98. The van der Waals surface area contributed by atoms with E-state index < -0.39 is 11.9 Å². The molecule has 2 fully saturated rings. The quantitative estimate of drug-likeness (QED) is 0.355. The molecule has 10 heteroatoms. The Bertz CT molecular complexity index is 976. The van der Waals surface area contributed by atoms with E-state index in [0.29, 0.717) is 50.6 Å². The van der Waals surface area contributed by atoms with E-state index in [4.69, 9.17) is 18.9 Å². The average molecular weight is 549 g/mol. The van der Waals surface area contributed by atoms with Crippen LogP contribution in [0.25, 0.3) is 0 Å². The first-order chi connectivity index (χ1) is 18.7. The maximum Gasteiger partial charge on any atom is 0.308 e. The second-order valence-corrected chi connectivity index (χ2v) is 11.9. The van der Waals surface area contributed by atoms with Crippen molar-refractivity contribution in [2.24, 2.45) is 5.92 Å². The number of carboxylic acids is 1. The molecule has 3 atom stereocenters. The predicted octanol–water partition coefficient (Wildman–Crippen LogP) is 2.76. The maximum absolute atomic E-state index is 13.7. The molecule has 218 valence electrons. The number of unbranched alkanes of at least 4 members (excludes halogenated alkanes) is 1. The molecule has 1 amide bonds. The number of carboxylic acid groups (broad SMARTS) is 1. The highest BCUT2D eigenvalue weighted by Gasteiger charge is 2.47. The molecule has 0 bridgehead atoms. The van der Waals surface area contributed by atoms with E-state index in [2.05, 4.69) is 33.0 Å². The first-order valence-corrected chi connectivity index (χ1v) is 14.3. The van der Waals surface area contributed by atoms with Gasteiger partial charge in [-0.3, -0.25) is 14.5 Å². The van der Waals surface area contributed by atoms with Gasteiger partial charge in [-0.1, -0.05) is 19.4 Å². The van der Waals surface area contributed by atoms with Gasteiger partial charge in [-0.25, -0.2) is 0 Å². The normalized spacial score (nSPS) is 23.4. The standard InChI is InChI=1S/C29H45N3O7/c1-5-6-12-30(13-7-14-32(2,3)4)26(33)19-31-18-22(21-8-10-24-25(17-21)39-20-38-24)28(29(34)35)23(31)9-11-27-36-15-16-37-27/h8,10,17,22-23,27-28H,5-7,9,11-16,18-20H2,1-4H3/p+1/t22-,23+,28?/m1/s1. The summed E-state index contributed by atoms with van der Waals surface area (Å²) in [7, 11) is 6.48. The van der Waals surface area contributed by atoms with Crippen LogP contribution in [-0.2, 0) is 19.1 Å². The van der Waals surface area contributed by atoms with E-state index in [-0.39, 0.29) is 37.5 Å². The molecule has 0 aromatic heterocycles. The zero-order chi connectivity index (χ0) is 28.0. The van der Waals surface area contributed by atoms with Gasteiger partial charge in [-0.2, -0.15) is 0 Å². The van der Waals surface area contributed by atoms with E-state index in [1.807, 2.05) is 23.1 Å². The van der Waals surface area contributed by atoms with Crippen molar-refractivity contribution in [2.75, 3.05) is 73.9 Å². The molecule has 0 spiro atoms. The number of aliphatic carboxylic acids is 1. The molecule has 1 N–H and O–H groups in total. The summed E-state index contributed by atoms with van der Waals surface area (Å²) >= 11 is 0. The minimum Gasteiger partial charge on any atom is -0.481 e. The zero-order valence-corrected chi connectivity index (χ0v) is 24.0. The second-order valence-electron chi connectivity index (χ2n) is 11.9. The maximum atomic E-state index is 13.7. The summed E-state index contributed by atoms with van der Waals surface area (Å²) in [5, 5.41) is 10.4. The van der Waals surface area contributed by atoms with Gasteiger partial charge in [0.1, 0.15) is 0 Å². The van der Waals surface area contributed by atoms with E-state index in [1.54, 1.807) is 0 Å². The number of amides is 1. The summed E-state index contributed by atoms with van der Waals surface area (Å²) in [4.78, 5) is 30.5. The molecule has 0 radical (unpaired) electrons. The van der Waals surface area contributed by atoms with Crippen molar-refractivity contribution in [1.82, 2.24) is 9.80 Å². The van der Waals surface area contributed by atoms with E-state index in [0.717, 1.165) is 42.4 Å². The van der Waals surface area contributed by atoms with Crippen molar-refractivity contribution >= 4 is 11.9 Å². The summed E-state index contributed by atoms with van der Waals surface area (Å²) in [5.41, 5.74) is 0.894. The Labute approximate surface area is 232 Å². The van der Waals surface area contributed by atoms with Crippen LogP contribution < -0.4 is 9.47 Å². The molecule has 1 aromatic carbocycles. The molecule has 0 saturated carbocycles. The third-order valence-electron chi connectivity index (χ3n) is 7.98. The number of hydrogen-bond acceptors (Lipinski definition) is 7. The number of ether oxygens (including phenoxy) is 4. The van der Waals surface area contributed by atoms with Gasteiger partial charge >= 0.3 is 5.97 Å². The number of quaternary nitrogens is 1. The summed E-state index contributed by atoms with van der Waals surface area (Å²) in [6.07, 6.45) is 3.74. The average Bonchev–Trinajstić information content (AvgIpc) is 3.63. The SMILES string of the molecule is CCCCN(CCC[N+](C)(C)C)C(=O)CN1C[C@H](c2ccc3c(c2)OCO3)C(C(=O)O)[C@@H]1CCC1OCCO1. The van der Waals surface area contributed by atoms with Crippen LogP contribution >= 0.6 is 0 Å². The highest BCUT2D eigenvalue weighted by atomic mass is 16.7. The monoisotopic (exact) mass is 548 g/mol. The molecular weight excluding hydrogens is 502 g/mol. The summed E-state index contributed by atoms with van der Waals surface area (Å²) in [5.74, 6) is -0.415. The molecule has 1 unspecified atom stereocenters. The van der Waals surface area contributed by atoms with Crippen LogP contribution in [0.3, 0.4) is 0 Å². The summed E-state index contributed by atoms with van der Waals surface area (Å²) in [6, 6.07) is 5.36. The molecule has 0 aliphatic carbocycles. The van der Waals surface area contributed by atoms with Crippen LogP contribution in [0.4, 0.5) is 0 Å². The van der Waals surface area contributed by atoms with Crippen molar-refractivity contribution in [3.63, 3.8) is 0 Å². The van der Waals surface area contributed by atoms with E-state index in [9.17, 15) is 14.7 Å². The molecule has 3 heterocycles. The van der Waals surface area contributed by atoms with Gasteiger partial charge in [-0.05, 0) is 37.0 Å². The summed E-state index contributed by atoms with van der Waals surface area (Å²) in [6.45, 7) is 6.52. The van der Waals surface area contributed by atoms with Crippen molar-refractivity contribution in [3.8, 4) is 11.5 Å². The van der Waals surface area contributed by atoms with E-state index in [1.165, 1.54) is 0 Å². The number of carbonyl (C=O) groups excluding carboxylic acids is 1. The lowest BCUT2D eigenvalue weighted by Crippen LogP contribution is -2.45. The minimum atomic E-state index is -0.850. The molecule has 2 saturated heterocycles. The van der Waals surface area contributed by atoms with Gasteiger partial charge in [-0.15, -0.1) is 0 Å². The lowest BCUT2D eigenvalue weighted by Gasteiger charge is -2.31. The van der Waals surface area contributed by atoms with Crippen molar-refractivity contribution < 1.29 is 38.1 Å². The third kappa shape index (κ3) is 7.84. The fraction of sp³-hybridized carbons (Fsp3) is 0.724. The fourth-order valence-electron chi connectivity index (χ4n) is 5.93. The molecule has 39 heavy (non-hydrogen) atoms. The lowest BCUT2D eigenvalue weighted by molar-refractivity contribution is -0.870. The number of likely N-dealkylation sites (tertiary alicyclic amines) is 1. The highest BCUT2D eigenvalue weighted by molar-refractivity contribution is 5.79. The molecular formula is C29H46N3O7+. The molecule has 1 aromatic rings. The van der Waals surface area contributed by atoms with Gasteiger partial charge < -0.3 is 33.4 Å². The van der Waals surface area contributed by atoms with Gasteiger partial charge in [0.2, 0.25) is 12.7 Å². The highest BCUT2D eigenvalue weighted by Crippen LogP contribution is 2.43. The number of hydrogen-bond donors (Lipinski definition) is 1. The zero-order valence-electron chi connectivity index (χ0n) is 24.0. The Morgan fingerprint density at radius 1 is 1.05 bits per heavy atom. The van der Waals surface area contributed by atoms with Crippen LogP contribution in [0.15, 0.2) is 18.2 Å². The van der Waals surface area contributed by atoms with Crippen molar-refractivity contribution in [2.45, 2.75) is 57.3 Å². The van der Waals surface area contributed by atoms with Gasteiger partial charge in [0, 0.05) is 38.0 Å². The number of rotatable bonds is 14. The molecule has 10 nitrogen and oxygen atoms in total. The number of fused-ring (bicyclic) bond motifs is 1.